The van der Waals surface area contributed by atoms with Crippen LogP contribution in [-0.4, -0.2) is 84.1 Å². The minimum Gasteiger partial charge on any atom is -0.462 e. The van der Waals surface area contributed by atoms with Crippen molar-refractivity contribution in [1.82, 2.24) is 19.8 Å². The topological polar surface area (TPSA) is 88.8 Å². The van der Waals surface area contributed by atoms with Gasteiger partial charge in [0.2, 0.25) is 5.91 Å². The Kier molecular flexibility index (Phi) is 9.05. The van der Waals surface area contributed by atoms with Gasteiger partial charge in [-0.3, -0.25) is 4.79 Å². The number of anilines is 2. The van der Waals surface area contributed by atoms with Gasteiger partial charge in [-0.15, -0.1) is 0 Å². The quantitative estimate of drug-likeness (QED) is 0.345. The number of piperazine rings is 1. The number of nitriles is 1. The van der Waals surface area contributed by atoms with Crippen LogP contribution in [0.3, 0.4) is 0 Å². The molecule has 0 aliphatic carbocycles. The maximum Gasteiger partial charge on any atom is 0.418 e. The van der Waals surface area contributed by atoms with Gasteiger partial charge in [0.25, 0.3) is 0 Å². The summed E-state index contributed by atoms with van der Waals surface area (Å²) in [5.41, 5.74) is 0.143. The first-order valence-electron chi connectivity index (χ1n) is 14.5. The van der Waals surface area contributed by atoms with Crippen molar-refractivity contribution in [2.24, 2.45) is 0 Å². The number of fused-ring (bicyclic) bond motifs is 1. The third-order valence-electron chi connectivity index (χ3n) is 8.49. The summed E-state index contributed by atoms with van der Waals surface area (Å²) in [5, 5.41) is 9.46. The van der Waals surface area contributed by atoms with Gasteiger partial charge >= 0.3 is 12.2 Å². The Morgan fingerprint density at radius 1 is 1.16 bits per heavy atom. The molecule has 2 fully saturated rings. The molecule has 1 amide bonds. The van der Waals surface area contributed by atoms with Crippen molar-refractivity contribution < 1.29 is 27.1 Å². The number of likely N-dealkylation sites (tertiary alicyclic amines) is 1. The predicted octanol–water partition coefficient (Wildman–Crippen LogP) is 4.18. The van der Waals surface area contributed by atoms with E-state index in [-0.39, 0.29) is 43.2 Å². The summed E-state index contributed by atoms with van der Waals surface area (Å²) >= 11 is 0. The van der Waals surface area contributed by atoms with Crippen molar-refractivity contribution in [3.05, 3.63) is 53.5 Å². The lowest BCUT2D eigenvalue weighted by Gasteiger charge is -2.41. The first kappa shape index (κ1) is 30.5. The number of hydrogen-bond acceptors (Lipinski definition) is 8. The Labute approximate surface area is 248 Å². The monoisotopic (exact) mass is 601 g/mol. The maximum atomic E-state index is 14.2. The van der Waals surface area contributed by atoms with Gasteiger partial charge in [-0.05, 0) is 63.6 Å². The average molecular weight is 602 g/mol. The van der Waals surface area contributed by atoms with Crippen molar-refractivity contribution in [2.75, 3.05) is 56.2 Å². The Morgan fingerprint density at radius 2 is 1.98 bits per heavy atom. The van der Waals surface area contributed by atoms with Crippen LogP contribution in [0.5, 0.6) is 6.01 Å². The largest absolute Gasteiger partial charge is 0.462 e. The van der Waals surface area contributed by atoms with Gasteiger partial charge in [0.1, 0.15) is 18.2 Å². The van der Waals surface area contributed by atoms with Crippen LogP contribution >= 0.6 is 0 Å². The summed E-state index contributed by atoms with van der Waals surface area (Å²) in [6.45, 7) is 6.28. The number of likely N-dealkylation sites (N-methyl/N-ethyl adjacent to an activating group) is 1. The van der Waals surface area contributed by atoms with E-state index in [9.17, 15) is 27.6 Å². The second kappa shape index (κ2) is 12.8. The van der Waals surface area contributed by atoms with Crippen LogP contribution in [0.25, 0.3) is 0 Å². The number of carbonyl (C=O) groups is 1. The molecule has 1 aromatic carbocycles. The van der Waals surface area contributed by atoms with E-state index in [4.69, 9.17) is 14.7 Å². The molecule has 1 aromatic heterocycles. The van der Waals surface area contributed by atoms with Crippen LogP contribution < -0.4 is 14.5 Å². The molecular weight excluding hydrogens is 566 g/mol. The zero-order valence-electron chi connectivity index (χ0n) is 24.1. The van der Waals surface area contributed by atoms with E-state index >= 15 is 0 Å². The number of nitrogens with zero attached hydrogens (tertiary/aromatic N) is 7. The molecule has 43 heavy (non-hydrogen) atoms. The summed E-state index contributed by atoms with van der Waals surface area (Å²) in [6, 6.07) is 4.59. The molecule has 1 unspecified atom stereocenters. The van der Waals surface area contributed by atoms with Crippen LogP contribution in [0.1, 0.15) is 42.5 Å². The van der Waals surface area contributed by atoms with Gasteiger partial charge < -0.3 is 24.3 Å². The molecule has 0 N–H and O–H groups in total. The van der Waals surface area contributed by atoms with Crippen LogP contribution in [-0.2, 0) is 23.9 Å². The van der Waals surface area contributed by atoms with Gasteiger partial charge in [-0.2, -0.15) is 28.4 Å². The highest BCUT2D eigenvalue weighted by Crippen LogP contribution is 2.39. The number of amides is 1. The molecule has 0 radical (unpaired) electrons. The number of rotatable bonds is 7. The summed E-state index contributed by atoms with van der Waals surface area (Å²) in [7, 11) is 2.03. The lowest BCUT2D eigenvalue weighted by atomic mass is 10.1. The molecule has 13 heteroatoms. The minimum atomic E-state index is -4.66. The predicted molar refractivity (Wildman–Crippen MR) is 152 cm³/mol. The number of carbonyl (C=O) groups excluding carboxylic acids is 1. The highest BCUT2D eigenvalue weighted by atomic mass is 19.4. The molecule has 2 saturated heterocycles. The highest BCUT2D eigenvalue weighted by Gasteiger charge is 2.37. The van der Waals surface area contributed by atoms with Crippen LogP contribution in [0.15, 0.2) is 30.9 Å². The SMILES string of the molecule is C=CC(=O)N1CCN(c2nc(OC[C@@H]3CCCN3C)nc3c2CCCN(c2cc(F)ccc2C(F)(F)F)C3)CC1CC#N. The van der Waals surface area contributed by atoms with Crippen LogP contribution in [0.4, 0.5) is 29.1 Å². The standard InChI is InChI=1S/C30H35F4N7O2/c1-3-27(42)41-15-14-40(17-21(41)10-11-35)28-23-7-5-13-39(26-16-20(31)8-9-24(26)30(32,33)34)18-25(23)36-29(37-28)43-19-22-6-4-12-38(22)2/h3,8-9,16,21-22H,1,4-7,10,12-15,17-19H2,2H3/t21?,22-/m0/s1. The zero-order valence-corrected chi connectivity index (χ0v) is 24.1. The fourth-order valence-corrected chi connectivity index (χ4v) is 6.22. The summed E-state index contributed by atoms with van der Waals surface area (Å²) in [4.78, 5) is 29.3. The second-order valence-electron chi connectivity index (χ2n) is 11.2. The van der Waals surface area contributed by atoms with Crippen LogP contribution in [0.2, 0.25) is 0 Å². The van der Waals surface area contributed by atoms with Gasteiger partial charge in [0.05, 0.1) is 42.0 Å². The number of aromatic nitrogens is 2. The van der Waals surface area contributed by atoms with Crippen molar-refractivity contribution >= 4 is 17.4 Å². The molecule has 0 saturated carbocycles. The maximum absolute atomic E-state index is 14.2. The summed E-state index contributed by atoms with van der Waals surface area (Å²) < 4.78 is 62.2. The van der Waals surface area contributed by atoms with E-state index in [1.54, 1.807) is 4.90 Å². The molecule has 4 heterocycles. The number of hydrogen-bond donors (Lipinski definition) is 0. The smallest absolute Gasteiger partial charge is 0.418 e. The molecule has 0 bridgehead atoms. The van der Waals surface area contributed by atoms with E-state index in [2.05, 4.69) is 17.5 Å². The molecule has 2 atom stereocenters. The Hall–Kier alpha value is -3.92. The third kappa shape index (κ3) is 6.69. The molecular formula is C30H35F4N7O2. The second-order valence-corrected chi connectivity index (χ2v) is 11.2. The van der Waals surface area contributed by atoms with E-state index in [1.165, 1.54) is 11.0 Å². The fraction of sp³-hybridized carbons (Fsp3) is 0.533. The van der Waals surface area contributed by atoms with Crippen LogP contribution in [0, 0.1) is 17.1 Å². The number of ether oxygens (including phenoxy) is 1. The van der Waals surface area contributed by atoms with Crippen molar-refractivity contribution in [3.63, 3.8) is 0 Å². The van der Waals surface area contributed by atoms with Gasteiger partial charge in [-0.25, -0.2) is 4.39 Å². The van der Waals surface area contributed by atoms with Crippen molar-refractivity contribution in [1.29, 1.82) is 5.26 Å². The van der Waals surface area contributed by atoms with Crippen molar-refractivity contribution in [2.45, 2.75) is 56.9 Å². The Bertz CT molecular complexity index is 1400. The average Bonchev–Trinajstić information content (AvgIpc) is 3.26. The number of benzene rings is 1. The van der Waals surface area contributed by atoms with E-state index < -0.39 is 23.6 Å². The summed E-state index contributed by atoms with van der Waals surface area (Å²) in [5.74, 6) is -0.418. The molecule has 2 aromatic rings. The van der Waals surface area contributed by atoms with E-state index in [0.717, 1.165) is 43.1 Å². The third-order valence-corrected chi connectivity index (χ3v) is 8.49. The minimum absolute atomic E-state index is 0.00756. The molecule has 3 aliphatic rings. The summed E-state index contributed by atoms with van der Waals surface area (Å²) in [6.07, 6.45) is -0.308. The zero-order chi connectivity index (χ0) is 30.7. The Balaban J connectivity index is 1.52. The fourth-order valence-electron chi connectivity index (χ4n) is 6.22. The van der Waals surface area contributed by atoms with Crippen molar-refractivity contribution in [3.8, 4) is 12.1 Å². The lowest BCUT2D eigenvalue weighted by Crippen LogP contribution is -2.55. The van der Waals surface area contributed by atoms with Gasteiger partial charge in [0.15, 0.2) is 0 Å². The van der Waals surface area contributed by atoms with Gasteiger partial charge in [-0.1, -0.05) is 6.58 Å². The molecule has 5 rings (SSSR count). The van der Waals surface area contributed by atoms with E-state index in [0.29, 0.717) is 50.6 Å². The molecule has 3 aliphatic heterocycles. The Morgan fingerprint density at radius 3 is 2.67 bits per heavy atom. The first-order chi connectivity index (χ1) is 20.6. The normalized spacial score (nSPS) is 21.3. The number of halogens is 4. The first-order valence-corrected chi connectivity index (χ1v) is 14.5. The highest BCUT2D eigenvalue weighted by molar-refractivity contribution is 5.87. The number of alkyl halides is 3. The van der Waals surface area contributed by atoms with E-state index in [1.807, 2.05) is 11.9 Å². The molecule has 0 spiro atoms. The molecule has 230 valence electrons. The lowest BCUT2D eigenvalue weighted by molar-refractivity contribution is -0.137. The van der Waals surface area contributed by atoms with Gasteiger partial charge in [0, 0.05) is 37.8 Å². The molecule has 9 nitrogen and oxygen atoms in total.